The molecule has 0 saturated heterocycles. The number of nitrogens with one attached hydrogen (secondary N) is 2. The molecule has 1 fully saturated rings. The van der Waals surface area contributed by atoms with Gasteiger partial charge in [-0.3, -0.25) is 9.98 Å². The molecule has 2 aromatic rings. The summed E-state index contributed by atoms with van der Waals surface area (Å²) in [5, 5.41) is 7.48. The fraction of sp³-hybridized carbons (Fsp3) is 0.368. The highest BCUT2D eigenvalue weighted by atomic mass is 127. The first kappa shape index (κ1) is 20.8. The zero-order chi connectivity index (χ0) is 17.5. The maximum absolute atomic E-state index is 6.13. The maximum atomic E-state index is 6.13. The lowest BCUT2D eigenvalue weighted by Crippen LogP contribution is -2.42. The van der Waals surface area contributed by atoms with Crippen molar-refractivity contribution in [3.8, 4) is 5.75 Å². The average molecular weight is 487 g/mol. The molecular formula is C19H24ClIN4O. The molecule has 26 heavy (non-hydrogen) atoms. The lowest BCUT2D eigenvalue weighted by Gasteiger charge is -2.19. The zero-order valence-electron chi connectivity index (χ0n) is 14.7. The van der Waals surface area contributed by atoms with Crippen molar-refractivity contribution in [2.24, 2.45) is 4.99 Å². The highest BCUT2D eigenvalue weighted by molar-refractivity contribution is 14.0. The number of nitrogens with zero attached hydrogens (tertiary/aromatic N) is 2. The molecule has 1 aliphatic rings. The number of guanidine groups is 1. The van der Waals surface area contributed by atoms with Gasteiger partial charge in [0.15, 0.2) is 5.96 Å². The molecule has 1 aromatic carbocycles. The molecule has 2 N–H and O–H groups in total. The van der Waals surface area contributed by atoms with Crippen LogP contribution in [0.15, 0.2) is 53.8 Å². The van der Waals surface area contributed by atoms with Crippen LogP contribution < -0.4 is 15.4 Å². The lowest BCUT2D eigenvalue weighted by molar-refractivity contribution is 0.320. The summed E-state index contributed by atoms with van der Waals surface area (Å²) in [5.74, 6) is 1.55. The molecule has 0 aliphatic heterocycles. The van der Waals surface area contributed by atoms with Crippen molar-refractivity contribution in [3.05, 3.63) is 59.4 Å². The van der Waals surface area contributed by atoms with E-state index in [0.29, 0.717) is 13.2 Å². The van der Waals surface area contributed by atoms with E-state index in [1.807, 2.05) is 24.3 Å². The van der Waals surface area contributed by atoms with E-state index < -0.39 is 0 Å². The Morgan fingerprint density at radius 1 is 1.27 bits per heavy atom. The van der Waals surface area contributed by atoms with E-state index in [1.54, 1.807) is 19.4 Å². The largest absolute Gasteiger partial charge is 0.490 e. The van der Waals surface area contributed by atoms with Crippen LogP contribution in [0, 0.1) is 0 Å². The van der Waals surface area contributed by atoms with E-state index in [-0.39, 0.29) is 29.4 Å². The van der Waals surface area contributed by atoms with E-state index in [4.69, 9.17) is 16.3 Å². The quantitative estimate of drug-likeness (QED) is 0.272. The number of aromatic nitrogens is 1. The van der Waals surface area contributed by atoms with E-state index in [0.717, 1.165) is 23.3 Å². The van der Waals surface area contributed by atoms with Gasteiger partial charge in [-0.15, -0.1) is 24.0 Å². The predicted molar refractivity (Wildman–Crippen MR) is 117 cm³/mol. The molecule has 1 saturated carbocycles. The second-order valence-electron chi connectivity index (χ2n) is 6.18. The topological polar surface area (TPSA) is 58.5 Å². The van der Waals surface area contributed by atoms with Gasteiger partial charge in [-0.2, -0.15) is 0 Å². The third kappa shape index (κ3) is 5.74. The Morgan fingerprint density at radius 2 is 2.12 bits per heavy atom. The molecule has 0 radical (unpaired) electrons. The molecule has 0 bridgehead atoms. The summed E-state index contributed by atoms with van der Waals surface area (Å²) >= 11 is 6.13. The number of aliphatic imine (C=N–C) groups is 1. The Hall–Kier alpha value is -1.54. The monoisotopic (exact) mass is 486 g/mol. The van der Waals surface area contributed by atoms with Gasteiger partial charge in [0.1, 0.15) is 12.4 Å². The first-order valence-electron chi connectivity index (χ1n) is 8.45. The molecule has 3 rings (SSSR count). The summed E-state index contributed by atoms with van der Waals surface area (Å²) in [6.45, 7) is 2.06. The number of hydrogen-bond acceptors (Lipinski definition) is 3. The molecule has 1 aromatic heterocycles. The second kappa shape index (κ2) is 9.97. The van der Waals surface area contributed by atoms with Gasteiger partial charge in [0.2, 0.25) is 0 Å². The summed E-state index contributed by atoms with van der Waals surface area (Å²) in [6.07, 6.45) is 5.77. The summed E-state index contributed by atoms with van der Waals surface area (Å²) in [4.78, 5) is 8.30. The van der Waals surface area contributed by atoms with Crippen molar-refractivity contribution in [1.29, 1.82) is 0 Å². The van der Waals surface area contributed by atoms with Gasteiger partial charge < -0.3 is 15.4 Å². The molecule has 7 heteroatoms. The summed E-state index contributed by atoms with van der Waals surface area (Å²) in [6, 6.07) is 11.9. The number of rotatable bonds is 7. The minimum Gasteiger partial charge on any atom is -0.490 e. The molecule has 0 unspecified atom stereocenters. The zero-order valence-corrected chi connectivity index (χ0v) is 17.8. The highest BCUT2D eigenvalue weighted by Crippen LogP contribution is 2.48. The van der Waals surface area contributed by atoms with Crippen molar-refractivity contribution in [2.45, 2.75) is 18.3 Å². The third-order valence-corrected chi connectivity index (χ3v) is 4.64. The van der Waals surface area contributed by atoms with Crippen molar-refractivity contribution >= 4 is 41.5 Å². The Morgan fingerprint density at radius 3 is 2.77 bits per heavy atom. The van der Waals surface area contributed by atoms with Gasteiger partial charge in [-0.05, 0) is 42.7 Å². The van der Waals surface area contributed by atoms with Crippen molar-refractivity contribution in [2.75, 3.05) is 26.7 Å². The highest BCUT2D eigenvalue weighted by Gasteiger charge is 2.44. The van der Waals surface area contributed by atoms with Gasteiger partial charge in [-0.25, -0.2) is 0 Å². The molecule has 5 nitrogen and oxygen atoms in total. The average Bonchev–Trinajstić information content (AvgIpc) is 3.43. The Labute approximate surface area is 176 Å². The smallest absolute Gasteiger partial charge is 0.191 e. The minimum atomic E-state index is 0. The summed E-state index contributed by atoms with van der Waals surface area (Å²) < 4.78 is 5.62. The van der Waals surface area contributed by atoms with Crippen LogP contribution in [-0.2, 0) is 5.41 Å². The predicted octanol–water partition coefficient (Wildman–Crippen LogP) is 3.63. The molecule has 0 amide bonds. The van der Waals surface area contributed by atoms with Crippen LogP contribution in [0.2, 0.25) is 5.02 Å². The standard InChI is InChI=1S/C19H23ClN4O.HI/c1-21-18(23-10-11-25-17-6-3-9-22-13-17)24-14-19(7-8-19)15-4-2-5-16(20)12-15;/h2-6,9,12-13H,7-8,10-11,14H2,1H3,(H2,21,23,24);1H. The van der Waals surface area contributed by atoms with E-state index in [2.05, 4.69) is 32.7 Å². The van der Waals surface area contributed by atoms with E-state index in [1.165, 1.54) is 18.4 Å². The normalized spacial score (nSPS) is 14.9. The Bertz CT molecular complexity index is 722. The fourth-order valence-electron chi connectivity index (χ4n) is 2.78. The van der Waals surface area contributed by atoms with Crippen LogP contribution in [0.5, 0.6) is 5.75 Å². The van der Waals surface area contributed by atoms with E-state index >= 15 is 0 Å². The number of benzene rings is 1. The Balaban J connectivity index is 0.00000243. The molecule has 140 valence electrons. The summed E-state index contributed by atoms with van der Waals surface area (Å²) in [7, 11) is 1.77. The van der Waals surface area contributed by atoms with Gasteiger partial charge in [-0.1, -0.05) is 23.7 Å². The SMILES string of the molecule is CN=C(NCCOc1cccnc1)NCC1(c2cccc(Cl)c2)CC1.I. The number of pyridine rings is 1. The van der Waals surface area contributed by atoms with Crippen molar-refractivity contribution < 1.29 is 4.74 Å². The lowest BCUT2D eigenvalue weighted by atomic mass is 9.96. The Kier molecular flexibility index (Phi) is 7.96. The van der Waals surface area contributed by atoms with Gasteiger partial charge in [0.05, 0.1) is 12.7 Å². The number of hydrogen-bond donors (Lipinski definition) is 2. The number of halogens is 2. The molecule has 0 spiro atoms. The van der Waals surface area contributed by atoms with Gasteiger partial charge >= 0.3 is 0 Å². The van der Waals surface area contributed by atoms with Gasteiger partial charge in [0, 0.05) is 30.2 Å². The fourth-order valence-corrected chi connectivity index (χ4v) is 2.97. The number of ether oxygens (including phenoxy) is 1. The molecule has 1 heterocycles. The van der Waals surface area contributed by atoms with Crippen LogP contribution in [0.25, 0.3) is 0 Å². The molecule has 0 atom stereocenters. The van der Waals surface area contributed by atoms with Crippen LogP contribution in [0.4, 0.5) is 0 Å². The summed E-state index contributed by atoms with van der Waals surface area (Å²) in [5.41, 5.74) is 1.47. The second-order valence-corrected chi connectivity index (χ2v) is 6.62. The van der Waals surface area contributed by atoms with Crippen LogP contribution >= 0.6 is 35.6 Å². The molecular weight excluding hydrogens is 463 g/mol. The molecule has 1 aliphatic carbocycles. The first-order chi connectivity index (χ1) is 12.2. The minimum absolute atomic E-state index is 0. The van der Waals surface area contributed by atoms with Crippen molar-refractivity contribution in [1.82, 2.24) is 15.6 Å². The maximum Gasteiger partial charge on any atom is 0.191 e. The van der Waals surface area contributed by atoms with Crippen LogP contribution in [-0.4, -0.2) is 37.7 Å². The van der Waals surface area contributed by atoms with Crippen LogP contribution in [0.3, 0.4) is 0 Å². The van der Waals surface area contributed by atoms with Gasteiger partial charge in [0.25, 0.3) is 0 Å². The van der Waals surface area contributed by atoms with E-state index in [9.17, 15) is 0 Å². The van der Waals surface area contributed by atoms with Crippen LogP contribution in [0.1, 0.15) is 18.4 Å². The third-order valence-electron chi connectivity index (χ3n) is 4.41. The van der Waals surface area contributed by atoms with Crippen molar-refractivity contribution in [3.63, 3.8) is 0 Å². The first-order valence-corrected chi connectivity index (χ1v) is 8.83.